The number of nitrogens with one attached hydrogen (secondary N) is 2. The van der Waals surface area contributed by atoms with E-state index in [2.05, 4.69) is 10.6 Å². The molecule has 0 spiro atoms. The molecule has 0 radical (unpaired) electrons. The second-order valence-corrected chi connectivity index (χ2v) is 8.82. The summed E-state index contributed by atoms with van der Waals surface area (Å²) in [6, 6.07) is 15.3. The number of carboxylic acids is 1. The van der Waals surface area contributed by atoms with Crippen molar-refractivity contribution in [2.24, 2.45) is 0 Å². The standard InChI is InChI=1S/C24H29N3O5/c1-24(2,3)32-23(31)27-15-19(13-20(27)22(29)30)25-14-16-8-7-11-18(12-16)26-21(28)17-9-5-4-6-10-17/h4-12,19-20,25H,13-15H2,1-3H3,(H,26,28)(H,29,30)/t19-,20-/m0/s1. The van der Waals surface area contributed by atoms with E-state index in [9.17, 15) is 19.5 Å². The minimum atomic E-state index is -1.05. The van der Waals surface area contributed by atoms with Crippen LogP contribution in [-0.2, 0) is 16.1 Å². The third-order valence-corrected chi connectivity index (χ3v) is 5.03. The highest BCUT2D eigenvalue weighted by Gasteiger charge is 2.41. The average molecular weight is 440 g/mol. The average Bonchev–Trinajstić information content (AvgIpc) is 3.17. The van der Waals surface area contributed by atoms with E-state index in [1.54, 1.807) is 32.9 Å². The molecule has 0 aromatic heterocycles. The van der Waals surface area contributed by atoms with Gasteiger partial charge in [-0.05, 0) is 57.0 Å². The van der Waals surface area contributed by atoms with Gasteiger partial charge in [-0.15, -0.1) is 0 Å². The molecule has 3 N–H and O–H groups in total. The number of carbonyl (C=O) groups is 3. The van der Waals surface area contributed by atoms with Gasteiger partial charge in [0.25, 0.3) is 5.91 Å². The molecule has 0 saturated carbocycles. The van der Waals surface area contributed by atoms with E-state index in [1.165, 1.54) is 4.90 Å². The van der Waals surface area contributed by atoms with Crippen LogP contribution in [0.2, 0.25) is 0 Å². The van der Waals surface area contributed by atoms with Crippen molar-refractivity contribution in [2.75, 3.05) is 11.9 Å². The smallest absolute Gasteiger partial charge is 0.411 e. The van der Waals surface area contributed by atoms with Crippen LogP contribution in [0, 0.1) is 0 Å². The molecule has 3 rings (SSSR count). The van der Waals surface area contributed by atoms with Crippen molar-refractivity contribution in [1.29, 1.82) is 0 Å². The van der Waals surface area contributed by atoms with E-state index in [0.717, 1.165) is 5.56 Å². The Bertz CT molecular complexity index is 971. The van der Waals surface area contributed by atoms with E-state index in [1.807, 2.05) is 42.5 Å². The molecule has 1 fully saturated rings. The van der Waals surface area contributed by atoms with Gasteiger partial charge in [0.2, 0.25) is 0 Å². The van der Waals surface area contributed by atoms with Gasteiger partial charge < -0.3 is 20.5 Å². The molecule has 2 amide bonds. The maximum atomic E-state index is 12.4. The molecule has 1 saturated heterocycles. The first-order valence-electron chi connectivity index (χ1n) is 10.5. The molecule has 0 aliphatic carbocycles. The second-order valence-electron chi connectivity index (χ2n) is 8.82. The molecule has 8 heteroatoms. The third kappa shape index (κ3) is 6.31. The van der Waals surface area contributed by atoms with Crippen molar-refractivity contribution in [1.82, 2.24) is 10.2 Å². The molecule has 2 atom stereocenters. The number of hydrogen-bond acceptors (Lipinski definition) is 5. The molecule has 0 unspecified atom stereocenters. The zero-order chi connectivity index (χ0) is 23.3. The third-order valence-electron chi connectivity index (χ3n) is 5.03. The predicted molar refractivity (Wildman–Crippen MR) is 120 cm³/mol. The highest BCUT2D eigenvalue weighted by molar-refractivity contribution is 6.04. The van der Waals surface area contributed by atoms with E-state index in [-0.39, 0.29) is 18.5 Å². The number of carboxylic acid groups (broad SMARTS) is 1. The lowest BCUT2D eigenvalue weighted by atomic mass is 10.1. The minimum Gasteiger partial charge on any atom is -0.480 e. The number of rotatable bonds is 6. The van der Waals surface area contributed by atoms with Gasteiger partial charge in [0.15, 0.2) is 0 Å². The van der Waals surface area contributed by atoms with Crippen molar-refractivity contribution in [3.05, 3.63) is 65.7 Å². The molecule has 0 bridgehead atoms. The van der Waals surface area contributed by atoms with E-state index < -0.39 is 23.7 Å². The van der Waals surface area contributed by atoms with Gasteiger partial charge in [-0.3, -0.25) is 9.69 Å². The molecule has 32 heavy (non-hydrogen) atoms. The predicted octanol–water partition coefficient (Wildman–Crippen LogP) is 3.49. The molecule has 1 aliphatic heterocycles. The van der Waals surface area contributed by atoms with Crippen molar-refractivity contribution < 1.29 is 24.2 Å². The summed E-state index contributed by atoms with van der Waals surface area (Å²) in [5.41, 5.74) is 1.47. The fraction of sp³-hybridized carbons (Fsp3) is 0.375. The number of benzene rings is 2. The first-order chi connectivity index (χ1) is 15.1. The lowest BCUT2D eigenvalue weighted by molar-refractivity contribution is -0.142. The van der Waals surface area contributed by atoms with Gasteiger partial charge in [0.05, 0.1) is 0 Å². The summed E-state index contributed by atoms with van der Waals surface area (Å²) in [6.07, 6.45) is -0.334. The fourth-order valence-corrected chi connectivity index (χ4v) is 3.55. The van der Waals surface area contributed by atoms with Crippen LogP contribution in [0.15, 0.2) is 54.6 Å². The number of carbonyl (C=O) groups excluding carboxylic acids is 2. The van der Waals surface area contributed by atoms with Crippen LogP contribution >= 0.6 is 0 Å². The Morgan fingerprint density at radius 1 is 1.09 bits per heavy atom. The quantitative estimate of drug-likeness (QED) is 0.636. The van der Waals surface area contributed by atoms with Crippen LogP contribution in [-0.4, -0.2) is 52.2 Å². The Hall–Kier alpha value is -3.39. The molecule has 8 nitrogen and oxygen atoms in total. The highest BCUT2D eigenvalue weighted by Crippen LogP contribution is 2.22. The van der Waals surface area contributed by atoms with Gasteiger partial charge in [-0.25, -0.2) is 9.59 Å². The fourth-order valence-electron chi connectivity index (χ4n) is 3.55. The zero-order valence-corrected chi connectivity index (χ0v) is 18.5. The van der Waals surface area contributed by atoms with Gasteiger partial charge in [0.1, 0.15) is 11.6 Å². The summed E-state index contributed by atoms with van der Waals surface area (Å²) in [7, 11) is 0. The van der Waals surface area contributed by atoms with Crippen LogP contribution in [0.25, 0.3) is 0 Å². The molecule has 1 aliphatic rings. The van der Waals surface area contributed by atoms with E-state index in [0.29, 0.717) is 24.2 Å². The lowest BCUT2D eigenvalue weighted by Gasteiger charge is -2.26. The number of anilines is 1. The van der Waals surface area contributed by atoms with E-state index >= 15 is 0 Å². The van der Waals surface area contributed by atoms with Crippen molar-refractivity contribution >= 4 is 23.7 Å². The molecule has 1 heterocycles. The topological polar surface area (TPSA) is 108 Å². The largest absolute Gasteiger partial charge is 0.480 e. The van der Waals surface area contributed by atoms with Gasteiger partial charge in [-0.1, -0.05) is 30.3 Å². The first-order valence-corrected chi connectivity index (χ1v) is 10.5. The maximum absolute atomic E-state index is 12.4. The van der Waals surface area contributed by atoms with Gasteiger partial charge >= 0.3 is 12.1 Å². The summed E-state index contributed by atoms with van der Waals surface area (Å²) < 4.78 is 5.36. The summed E-state index contributed by atoms with van der Waals surface area (Å²) in [5.74, 6) is -1.24. The first kappa shape index (κ1) is 23.3. The maximum Gasteiger partial charge on any atom is 0.411 e. The number of nitrogens with zero attached hydrogens (tertiary/aromatic N) is 1. The Morgan fingerprint density at radius 3 is 2.47 bits per heavy atom. The zero-order valence-electron chi connectivity index (χ0n) is 18.5. The normalized spacial score (nSPS) is 18.3. The SMILES string of the molecule is CC(C)(C)OC(=O)N1C[C@@H](NCc2cccc(NC(=O)c3ccccc3)c2)C[C@H]1C(=O)O. The van der Waals surface area contributed by atoms with Crippen LogP contribution in [0.1, 0.15) is 43.1 Å². The molecular weight excluding hydrogens is 410 g/mol. The number of aliphatic carboxylic acids is 1. The molecule has 2 aromatic carbocycles. The lowest BCUT2D eigenvalue weighted by Crippen LogP contribution is -2.43. The summed E-state index contributed by atoms with van der Waals surface area (Å²) in [4.78, 5) is 37.7. The molecule has 2 aromatic rings. The molecule has 170 valence electrons. The number of likely N-dealkylation sites (tertiary alicyclic amines) is 1. The van der Waals surface area contributed by atoms with Gasteiger partial charge in [0, 0.05) is 30.4 Å². The minimum absolute atomic E-state index is 0.189. The van der Waals surface area contributed by atoms with Crippen molar-refractivity contribution in [3.63, 3.8) is 0 Å². The summed E-state index contributed by atoms with van der Waals surface area (Å²) >= 11 is 0. The van der Waals surface area contributed by atoms with E-state index in [4.69, 9.17) is 4.74 Å². The number of amides is 2. The Balaban J connectivity index is 1.59. The summed E-state index contributed by atoms with van der Waals surface area (Å²) in [6.45, 7) is 5.95. The Kier molecular flexibility index (Phi) is 7.15. The summed E-state index contributed by atoms with van der Waals surface area (Å²) in [5, 5.41) is 15.7. The second kappa shape index (κ2) is 9.82. The van der Waals surface area contributed by atoms with Gasteiger partial charge in [-0.2, -0.15) is 0 Å². The number of hydrogen-bond donors (Lipinski definition) is 3. The Morgan fingerprint density at radius 2 is 1.81 bits per heavy atom. The van der Waals surface area contributed by atoms with Crippen LogP contribution < -0.4 is 10.6 Å². The van der Waals surface area contributed by atoms with Crippen molar-refractivity contribution in [3.8, 4) is 0 Å². The Labute approximate surface area is 187 Å². The van der Waals surface area contributed by atoms with Crippen LogP contribution in [0.5, 0.6) is 0 Å². The van der Waals surface area contributed by atoms with Crippen molar-refractivity contribution in [2.45, 2.75) is 51.4 Å². The molecular formula is C24H29N3O5. The number of ether oxygens (including phenoxy) is 1. The van der Waals surface area contributed by atoms with Crippen LogP contribution in [0.4, 0.5) is 10.5 Å². The monoisotopic (exact) mass is 439 g/mol. The van der Waals surface area contributed by atoms with Crippen LogP contribution in [0.3, 0.4) is 0 Å². The highest BCUT2D eigenvalue weighted by atomic mass is 16.6.